The number of phenolic OH excluding ortho intramolecular Hbond substituents is 1. The van der Waals surface area contributed by atoms with Crippen molar-refractivity contribution in [3.8, 4) is 11.5 Å². The molecule has 7 nitrogen and oxygen atoms in total. The number of hydrogen-bond donors (Lipinski definition) is 2. The predicted octanol–water partition coefficient (Wildman–Crippen LogP) is 4.27. The number of anilines is 1. The molecule has 0 saturated carbocycles. The van der Waals surface area contributed by atoms with E-state index in [1.165, 1.54) is 12.1 Å². The molecule has 3 rings (SSSR count). The highest BCUT2D eigenvalue weighted by Gasteiger charge is 2.21. The molecular weight excluding hydrogens is 367 g/mol. The molecule has 3 aromatic carbocycles. The van der Waals surface area contributed by atoms with Crippen LogP contribution in [-0.4, -0.2) is 15.9 Å². The molecule has 0 aromatic heterocycles. The topological polar surface area (TPSA) is 102 Å². The molecule has 3 aromatic rings. The molecule has 0 aliphatic rings. The fraction of sp³-hybridized carbons (Fsp3) is 0.0500. The van der Waals surface area contributed by atoms with E-state index in [0.29, 0.717) is 11.4 Å². The Morgan fingerprint density at radius 3 is 2.57 bits per heavy atom. The molecule has 142 valence electrons. The second kappa shape index (κ2) is 8.17. The molecule has 0 saturated heterocycles. The van der Waals surface area contributed by atoms with Gasteiger partial charge in [-0.25, -0.2) is 4.39 Å². The van der Waals surface area contributed by atoms with Crippen LogP contribution in [0, 0.1) is 15.9 Å². The average molecular weight is 382 g/mol. The number of nitrogens with zero attached hydrogens (tertiary/aromatic N) is 1. The first-order chi connectivity index (χ1) is 13.4. The number of rotatable bonds is 6. The molecule has 0 atom stereocenters. The minimum atomic E-state index is -0.738. The van der Waals surface area contributed by atoms with Gasteiger partial charge >= 0.3 is 0 Å². The Morgan fingerprint density at radius 1 is 1.11 bits per heavy atom. The SMILES string of the molecule is O=C(Nc1cccc(OCc2ccc(F)cc2)c1)c1cc(O)ccc1[N+](=O)[O-]. The third-order valence-electron chi connectivity index (χ3n) is 3.83. The van der Waals surface area contributed by atoms with Crippen molar-refractivity contribution in [1.29, 1.82) is 0 Å². The van der Waals surface area contributed by atoms with Gasteiger partial charge in [0.25, 0.3) is 11.6 Å². The maximum absolute atomic E-state index is 12.9. The van der Waals surface area contributed by atoms with Gasteiger partial charge in [0.1, 0.15) is 29.5 Å². The second-order valence-corrected chi connectivity index (χ2v) is 5.86. The summed E-state index contributed by atoms with van der Waals surface area (Å²) in [4.78, 5) is 22.8. The minimum Gasteiger partial charge on any atom is -0.508 e. The van der Waals surface area contributed by atoms with Crippen molar-refractivity contribution >= 4 is 17.3 Å². The van der Waals surface area contributed by atoms with Crippen molar-refractivity contribution in [2.75, 3.05) is 5.32 Å². The molecule has 0 aliphatic heterocycles. The number of benzene rings is 3. The minimum absolute atomic E-state index is 0.204. The third-order valence-corrected chi connectivity index (χ3v) is 3.83. The van der Waals surface area contributed by atoms with Crippen LogP contribution in [0.3, 0.4) is 0 Å². The highest BCUT2D eigenvalue weighted by molar-refractivity contribution is 6.07. The van der Waals surface area contributed by atoms with Crippen LogP contribution in [-0.2, 0) is 6.61 Å². The Bertz CT molecular complexity index is 1020. The summed E-state index contributed by atoms with van der Waals surface area (Å²) in [7, 11) is 0. The standard InChI is InChI=1S/C20H15FN2O5/c21-14-6-4-13(5-7-14)12-28-17-3-1-2-15(10-17)22-20(25)18-11-16(24)8-9-19(18)23(26)27/h1-11,24H,12H2,(H,22,25). The first-order valence-corrected chi connectivity index (χ1v) is 8.18. The zero-order chi connectivity index (χ0) is 20.1. The lowest BCUT2D eigenvalue weighted by Crippen LogP contribution is -2.14. The predicted molar refractivity (Wildman–Crippen MR) is 99.9 cm³/mol. The van der Waals surface area contributed by atoms with Crippen LogP contribution in [0.1, 0.15) is 15.9 Å². The second-order valence-electron chi connectivity index (χ2n) is 5.86. The van der Waals surface area contributed by atoms with E-state index < -0.39 is 16.5 Å². The average Bonchev–Trinajstić information content (AvgIpc) is 2.67. The van der Waals surface area contributed by atoms with E-state index in [2.05, 4.69) is 5.32 Å². The Hall–Kier alpha value is -3.94. The van der Waals surface area contributed by atoms with Gasteiger partial charge in [0.15, 0.2) is 0 Å². The van der Waals surface area contributed by atoms with Crippen LogP contribution in [0.15, 0.2) is 66.7 Å². The Balaban J connectivity index is 1.72. The summed E-state index contributed by atoms with van der Waals surface area (Å²) in [6, 6.07) is 15.6. The number of hydrogen-bond acceptors (Lipinski definition) is 5. The summed E-state index contributed by atoms with van der Waals surface area (Å²) in [6.45, 7) is 0.204. The van der Waals surface area contributed by atoms with E-state index in [1.54, 1.807) is 36.4 Å². The number of amides is 1. The van der Waals surface area contributed by atoms with E-state index in [-0.39, 0.29) is 23.7 Å². The van der Waals surface area contributed by atoms with Crippen LogP contribution in [0.4, 0.5) is 15.8 Å². The van der Waals surface area contributed by atoms with Gasteiger partial charge in [0.05, 0.1) is 4.92 Å². The first-order valence-electron chi connectivity index (χ1n) is 8.18. The quantitative estimate of drug-likeness (QED) is 0.490. The number of nitrogens with one attached hydrogen (secondary N) is 1. The summed E-state index contributed by atoms with van der Waals surface area (Å²) >= 11 is 0. The monoisotopic (exact) mass is 382 g/mol. The summed E-state index contributed by atoms with van der Waals surface area (Å²) in [5.41, 5.74) is 0.451. The zero-order valence-electron chi connectivity index (χ0n) is 14.5. The molecule has 0 heterocycles. The smallest absolute Gasteiger partial charge is 0.282 e. The van der Waals surface area contributed by atoms with Crippen molar-refractivity contribution in [2.24, 2.45) is 0 Å². The fourth-order valence-electron chi connectivity index (χ4n) is 2.47. The molecule has 0 unspecified atom stereocenters. The highest BCUT2D eigenvalue weighted by Crippen LogP contribution is 2.25. The lowest BCUT2D eigenvalue weighted by atomic mass is 10.1. The van der Waals surface area contributed by atoms with Gasteiger partial charge in [-0.3, -0.25) is 14.9 Å². The van der Waals surface area contributed by atoms with Crippen molar-refractivity contribution < 1.29 is 24.0 Å². The van der Waals surface area contributed by atoms with E-state index in [4.69, 9.17) is 4.74 Å². The van der Waals surface area contributed by atoms with Gasteiger partial charge in [-0.05, 0) is 42.0 Å². The van der Waals surface area contributed by atoms with Gasteiger partial charge in [-0.15, -0.1) is 0 Å². The number of carbonyl (C=O) groups is 1. The van der Waals surface area contributed by atoms with Crippen molar-refractivity contribution in [1.82, 2.24) is 0 Å². The Morgan fingerprint density at radius 2 is 1.86 bits per heavy atom. The van der Waals surface area contributed by atoms with Crippen molar-refractivity contribution in [2.45, 2.75) is 6.61 Å². The fourth-order valence-corrected chi connectivity index (χ4v) is 2.47. The number of nitro benzene ring substituents is 1. The zero-order valence-corrected chi connectivity index (χ0v) is 14.5. The lowest BCUT2D eigenvalue weighted by Gasteiger charge is -2.10. The first kappa shape index (κ1) is 18.8. The number of aromatic hydroxyl groups is 1. The normalized spacial score (nSPS) is 10.3. The van der Waals surface area contributed by atoms with Crippen molar-refractivity contribution in [3.63, 3.8) is 0 Å². The maximum atomic E-state index is 12.9. The third kappa shape index (κ3) is 4.61. The molecule has 8 heteroatoms. The molecule has 28 heavy (non-hydrogen) atoms. The van der Waals surface area contributed by atoms with Gasteiger partial charge in [0, 0.05) is 17.8 Å². The molecule has 0 radical (unpaired) electrons. The van der Waals surface area contributed by atoms with Crippen LogP contribution in [0.2, 0.25) is 0 Å². The van der Waals surface area contributed by atoms with Gasteiger partial charge in [0.2, 0.25) is 0 Å². The van der Waals surface area contributed by atoms with E-state index >= 15 is 0 Å². The van der Waals surface area contributed by atoms with Crippen LogP contribution in [0.25, 0.3) is 0 Å². The van der Waals surface area contributed by atoms with Crippen LogP contribution < -0.4 is 10.1 Å². The molecule has 0 aliphatic carbocycles. The summed E-state index contributed by atoms with van der Waals surface area (Å²) in [6.07, 6.45) is 0. The molecule has 0 fully saturated rings. The molecule has 2 N–H and O–H groups in total. The molecule has 0 bridgehead atoms. The number of halogens is 1. The number of nitro groups is 1. The lowest BCUT2D eigenvalue weighted by molar-refractivity contribution is -0.385. The Labute approximate surface area is 159 Å². The van der Waals surface area contributed by atoms with Crippen LogP contribution in [0.5, 0.6) is 11.5 Å². The van der Waals surface area contributed by atoms with Crippen LogP contribution >= 0.6 is 0 Å². The number of carbonyl (C=O) groups excluding carboxylic acids is 1. The van der Waals surface area contributed by atoms with E-state index in [1.807, 2.05) is 0 Å². The molecule has 1 amide bonds. The highest BCUT2D eigenvalue weighted by atomic mass is 19.1. The summed E-state index contributed by atoms with van der Waals surface area (Å²) in [5, 5.41) is 23.2. The number of ether oxygens (including phenoxy) is 1. The van der Waals surface area contributed by atoms with Gasteiger partial charge in [-0.2, -0.15) is 0 Å². The Kier molecular flexibility index (Phi) is 5.50. The van der Waals surface area contributed by atoms with Gasteiger partial charge < -0.3 is 15.2 Å². The maximum Gasteiger partial charge on any atom is 0.282 e. The van der Waals surface area contributed by atoms with E-state index in [0.717, 1.165) is 23.8 Å². The summed E-state index contributed by atoms with van der Waals surface area (Å²) in [5.74, 6) is -0.882. The van der Waals surface area contributed by atoms with E-state index in [9.17, 15) is 24.4 Å². The number of phenols is 1. The molecular formula is C20H15FN2O5. The van der Waals surface area contributed by atoms with Gasteiger partial charge in [-0.1, -0.05) is 18.2 Å². The largest absolute Gasteiger partial charge is 0.508 e. The molecule has 0 spiro atoms. The summed E-state index contributed by atoms with van der Waals surface area (Å²) < 4.78 is 18.5. The van der Waals surface area contributed by atoms with Crippen molar-refractivity contribution in [3.05, 3.63) is 93.8 Å².